The third-order valence-electron chi connectivity index (χ3n) is 5.75. The van der Waals surface area contributed by atoms with Crippen LogP contribution in [0.3, 0.4) is 0 Å². The summed E-state index contributed by atoms with van der Waals surface area (Å²) in [5.41, 5.74) is 1.63. The molecule has 4 heteroatoms. The number of hydrogen-bond donors (Lipinski definition) is 2. The highest BCUT2D eigenvalue weighted by atomic mass is 15.3. The van der Waals surface area contributed by atoms with Crippen molar-refractivity contribution in [3.8, 4) is 0 Å². The van der Waals surface area contributed by atoms with Crippen LogP contribution in [0.25, 0.3) is 0 Å². The zero-order valence-corrected chi connectivity index (χ0v) is 14.8. The second-order valence-electron chi connectivity index (χ2n) is 7.42. The number of guanidine groups is 1. The van der Waals surface area contributed by atoms with Crippen molar-refractivity contribution in [2.45, 2.75) is 76.3 Å². The highest BCUT2D eigenvalue weighted by Gasteiger charge is 2.30. The molecule has 23 heavy (non-hydrogen) atoms. The fraction of sp³-hybridized carbons (Fsp3) is 0.842. The predicted molar refractivity (Wildman–Crippen MR) is 97.9 cm³/mol. The molecular weight excluding hydrogens is 284 g/mol. The van der Waals surface area contributed by atoms with Gasteiger partial charge in [0.15, 0.2) is 5.96 Å². The van der Waals surface area contributed by atoms with Crippen molar-refractivity contribution >= 4 is 5.96 Å². The van der Waals surface area contributed by atoms with Crippen molar-refractivity contribution in [3.63, 3.8) is 0 Å². The molecule has 0 spiro atoms. The van der Waals surface area contributed by atoms with Gasteiger partial charge in [-0.3, -0.25) is 9.89 Å². The summed E-state index contributed by atoms with van der Waals surface area (Å²) in [7, 11) is 1.89. The Kier molecular flexibility index (Phi) is 6.37. The molecule has 2 aliphatic carbocycles. The minimum Gasteiger partial charge on any atom is -0.356 e. The minimum absolute atomic E-state index is 0.565. The molecule has 1 atom stereocenters. The van der Waals surface area contributed by atoms with Crippen molar-refractivity contribution in [3.05, 3.63) is 11.6 Å². The van der Waals surface area contributed by atoms with Gasteiger partial charge in [0.05, 0.1) is 0 Å². The molecule has 1 saturated carbocycles. The molecule has 130 valence electrons. The molecule has 1 unspecified atom stereocenters. The summed E-state index contributed by atoms with van der Waals surface area (Å²) >= 11 is 0. The molecule has 3 rings (SSSR count). The van der Waals surface area contributed by atoms with Crippen LogP contribution in [0, 0.1) is 0 Å². The van der Waals surface area contributed by atoms with E-state index in [1.165, 1.54) is 77.3 Å². The van der Waals surface area contributed by atoms with E-state index in [0.29, 0.717) is 6.04 Å². The Morgan fingerprint density at radius 3 is 2.83 bits per heavy atom. The van der Waals surface area contributed by atoms with E-state index in [1.54, 1.807) is 5.57 Å². The molecular formula is C19H34N4. The molecule has 0 bridgehead atoms. The average Bonchev–Trinajstić information content (AvgIpc) is 3.26. The van der Waals surface area contributed by atoms with Gasteiger partial charge in [0, 0.05) is 38.8 Å². The summed E-state index contributed by atoms with van der Waals surface area (Å²) in [5, 5.41) is 7.14. The van der Waals surface area contributed by atoms with Crippen molar-refractivity contribution < 1.29 is 0 Å². The lowest BCUT2D eigenvalue weighted by molar-refractivity contribution is 0.242. The first-order valence-electron chi connectivity index (χ1n) is 9.74. The maximum Gasteiger partial charge on any atom is 0.191 e. The number of aliphatic imine (C=N–C) groups is 1. The number of nitrogens with one attached hydrogen (secondary N) is 2. The van der Waals surface area contributed by atoms with Crippen molar-refractivity contribution in [1.82, 2.24) is 15.5 Å². The molecule has 0 amide bonds. The third-order valence-corrected chi connectivity index (χ3v) is 5.75. The van der Waals surface area contributed by atoms with E-state index >= 15 is 0 Å². The molecule has 0 aromatic heterocycles. The van der Waals surface area contributed by atoms with Gasteiger partial charge in [-0.25, -0.2) is 0 Å². The van der Waals surface area contributed by atoms with Crippen LogP contribution in [0.1, 0.15) is 64.2 Å². The molecule has 2 N–H and O–H groups in total. The van der Waals surface area contributed by atoms with Gasteiger partial charge in [-0.05, 0) is 51.4 Å². The normalized spacial score (nSPS) is 27.3. The lowest BCUT2D eigenvalue weighted by Crippen LogP contribution is -2.45. The second-order valence-corrected chi connectivity index (χ2v) is 7.42. The Labute approximate surface area is 141 Å². The zero-order valence-electron chi connectivity index (χ0n) is 14.8. The monoisotopic (exact) mass is 318 g/mol. The standard InChI is InChI=1S/C19H34N4/c1-20-19(21-13-11-16-7-3-2-4-8-16)22-17-12-14-23(15-17)18-9-5-6-10-18/h7,17-18H,2-6,8-15H2,1H3,(H2,20,21,22). The van der Waals surface area contributed by atoms with Crippen molar-refractivity contribution in [1.29, 1.82) is 0 Å². The Morgan fingerprint density at radius 1 is 1.22 bits per heavy atom. The van der Waals surface area contributed by atoms with E-state index in [4.69, 9.17) is 0 Å². The number of nitrogens with zero attached hydrogens (tertiary/aromatic N) is 2. The van der Waals surface area contributed by atoms with Crippen LogP contribution in [-0.4, -0.2) is 49.6 Å². The van der Waals surface area contributed by atoms with Crippen LogP contribution < -0.4 is 10.6 Å². The molecule has 4 nitrogen and oxygen atoms in total. The van der Waals surface area contributed by atoms with Gasteiger partial charge in [0.1, 0.15) is 0 Å². The van der Waals surface area contributed by atoms with Gasteiger partial charge in [-0.15, -0.1) is 0 Å². The Bertz CT molecular complexity index is 423. The average molecular weight is 319 g/mol. The van der Waals surface area contributed by atoms with Crippen LogP contribution in [0.15, 0.2) is 16.6 Å². The molecule has 0 aromatic rings. The molecule has 2 fully saturated rings. The molecule has 0 radical (unpaired) electrons. The second kappa shape index (κ2) is 8.72. The third kappa shape index (κ3) is 4.97. The van der Waals surface area contributed by atoms with E-state index in [9.17, 15) is 0 Å². The molecule has 1 heterocycles. The Morgan fingerprint density at radius 2 is 2.09 bits per heavy atom. The van der Waals surface area contributed by atoms with Gasteiger partial charge in [0.2, 0.25) is 0 Å². The molecule has 1 aliphatic heterocycles. The van der Waals surface area contributed by atoms with E-state index in [2.05, 4.69) is 26.6 Å². The highest BCUT2D eigenvalue weighted by Crippen LogP contribution is 2.26. The van der Waals surface area contributed by atoms with Gasteiger partial charge >= 0.3 is 0 Å². The largest absolute Gasteiger partial charge is 0.356 e. The van der Waals surface area contributed by atoms with Crippen LogP contribution >= 0.6 is 0 Å². The van der Waals surface area contributed by atoms with Crippen LogP contribution in [0.2, 0.25) is 0 Å². The highest BCUT2D eigenvalue weighted by molar-refractivity contribution is 5.80. The number of allylic oxidation sites excluding steroid dienone is 1. The fourth-order valence-corrected chi connectivity index (χ4v) is 4.37. The minimum atomic E-state index is 0.565. The van der Waals surface area contributed by atoms with Gasteiger partial charge < -0.3 is 10.6 Å². The number of likely N-dealkylation sites (tertiary alicyclic amines) is 1. The SMILES string of the molecule is CN=C(NCCC1=CCCCC1)NC1CCN(C2CCCC2)C1. The summed E-state index contributed by atoms with van der Waals surface area (Å²) in [5.74, 6) is 0.986. The van der Waals surface area contributed by atoms with Crippen molar-refractivity contribution in [2.75, 3.05) is 26.7 Å². The Balaban J connectivity index is 1.37. The number of hydrogen-bond acceptors (Lipinski definition) is 2. The van der Waals surface area contributed by atoms with Gasteiger partial charge in [0.25, 0.3) is 0 Å². The quantitative estimate of drug-likeness (QED) is 0.465. The van der Waals surface area contributed by atoms with E-state index < -0.39 is 0 Å². The molecule has 1 saturated heterocycles. The summed E-state index contributed by atoms with van der Waals surface area (Å²) in [6, 6.07) is 1.42. The first kappa shape index (κ1) is 16.8. The summed E-state index contributed by atoms with van der Waals surface area (Å²) in [4.78, 5) is 7.11. The summed E-state index contributed by atoms with van der Waals surface area (Å²) in [6.45, 7) is 3.45. The zero-order chi connectivity index (χ0) is 15.9. The van der Waals surface area contributed by atoms with Crippen LogP contribution in [0.4, 0.5) is 0 Å². The van der Waals surface area contributed by atoms with Crippen LogP contribution in [0.5, 0.6) is 0 Å². The topological polar surface area (TPSA) is 39.7 Å². The summed E-state index contributed by atoms with van der Waals surface area (Å²) in [6.07, 6.45) is 15.9. The van der Waals surface area contributed by atoms with E-state index in [0.717, 1.165) is 18.5 Å². The molecule has 0 aromatic carbocycles. The lowest BCUT2D eigenvalue weighted by atomic mass is 9.97. The molecule has 3 aliphatic rings. The first-order chi connectivity index (χ1) is 11.3. The number of rotatable bonds is 5. The van der Waals surface area contributed by atoms with Gasteiger partial charge in [-0.2, -0.15) is 0 Å². The summed E-state index contributed by atoms with van der Waals surface area (Å²) < 4.78 is 0. The maximum atomic E-state index is 4.41. The Hall–Kier alpha value is -1.03. The van der Waals surface area contributed by atoms with E-state index in [-0.39, 0.29) is 0 Å². The predicted octanol–water partition coefficient (Wildman–Crippen LogP) is 3.06. The lowest BCUT2D eigenvalue weighted by Gasteiger charge is -2.24. The van der Waals surface area contributed by atoms with Crippen molar-refractivity contribution in [2.24, 2.45) is 4.99 Å². The fourth-order valence-electron chi connectivity index (χ4n) is 4.37. The maximum absolute atomic E-state index is 4.41. The van der Waals surface area contributed by atoms with Gasteiger partial charge in [-0.1, -0.05) is 24.5 Å². The van der Waals surface area contributed by atoms with E-state index in [1.807, 2.05) is 7.05 Å². The first-order valence-corrected chi connectivity index (χ1v) is 9.74. The van der Waals surface area contributed by atoms with Crippen LogP contribution in [-0.2, 0) is 0 Å². The smallest absolute Gasteiger partial charge is 0.191 e.